The Morgan fingerprint density at radius 1 is 1.31 bits per heavy atom. The molecule has 4 heteroatoms. The fraction of sp³-hybridized carbons (Fsp3) is 0.500. The second kappa shape index (κ2) is 5.94. The zero-order chi connectivity index (χ0) is 11.4. The standard InChI is InChI=1S/C12H17BrN2S/c13-11-8-10(2-3-12(11)14)9-15-4-1-6-16-7-5-15/h2-3,8H,1,4-7,9,14H2. The molecule has 2 rings (SSSR count). The van der Waals surface area contributed by atoms with E-state index in [0.29, 0.717) is 0 Å². The van der Waals surface area contributed by atoms with E-state index in [9.17, 15) is 0 Å². The van der Waals surface area contributed by atoms with E-state index in [2.05, 4.69) is 44.7 Å². The third-order valence-electron chi connectivity index (χ3n) is 2.79. The first kappa shape index (κ1) is 12.3. The summed E-state index contributed by atoms with van der Waals surface area (Å²) in [5, 5.41) is 0. The number of rotatable bonds is 2. The van der Waals surface area contributed by atoms with E-state index in [1.807, 2.05) is 6.07 Å². The summed E-state index contributed by atoms with van der Waals surface area (Å²) >= 11 is 5.54. The summed E-state index contributed by atoms with van der Waals surface area (Å²) in [5.41, 5.74) is 7.94. The highest BCUT2D eigenvalue weighted by Gasteiger charge is 2.09. The van der Waals surface area contributed by atoms with Gasteiger partial charge < -0.3 is 5.73 Å². The van der Waals surface area contributed by atoms with E-state index in [1.165, 1.54) is 36.6 Å². The molecule has 1 heterocycles. The molecule has 0 amide bonds. The molecule has 0 radical (unpaired) electrons. The molecule has 1 aliphatic heterocycles. The van der Waals surface area contributed by atoms with E-state index in [1.54, 1.807) is 0 Å². The van der Waals surface area contributed by atoms with Crippen LogP contribution in [0.5, 0.6) is 0 Å². The van der Waals surface area contributed by atoms with Gasteiger partial charge in [-0.1, -0.05) is 6.07 Å². The third kappa shape index (κ3) is 3.40. The molecule has 2 nitrogen and oxygen atoms in total. The van der Waals surface area contributed by atoms with E-state index in [-0.39, 0.29) is 0 Å². The highest BCUT2D eigenvalue weighted by Crippen LogP contribution is 2.22. The molecule has 0 bridgehead atoms. The highest BCUT2D eigenvalue weighted by molar-refractivity contribution is 9.10. The van der Waals surface area contributed by atoms with Crippen molar-refractivity contribution in [1.29, 1.82) is 0 Å². The lowest BCUT2D eigenvalue weighted by atomic mass is 10.2. The summed E-state index contributed by atoms with van der Waals surface area (Å²) in [6.07, 6.45) is 1.31. The summed E-state index contributed by atoms with van der Waals surface area (Å²) in [7, 11) is 0. The Kier molecular flexibility index (Phi) is 4.55. The fourth-order valence-corrected chi connectivity index (χ4v) is 3.23. The maximum atomic E-state index is 5.78. The predicted octanol–water partition coefficient (Wildman–Crippen LogP) is 2.97. The summed E-state index contributed by atoms with van der Waals surface area (Å²) < 4.78 is 1.01. The van der Waals surface area contributed by atoms with Gasteiger partial charge in [0.05, 0.1) is 0 Å². The van der Waals surface area contributed by atoms with Crippen LogP contribution in [0.3, 0.4) is 0 Å². The molecular weight excluding hydrogens is 284 g/mol. The first-order chi connectivity index (χ1) is 7.75. The van der Waals surface area contributed by atoms with Crippen LogP contribution in [0.4, 0.5) is 5.69 Å². The lowest BCUT2D eigenvalue weighted by molar-refractivity contribution is 0.287. The summed E-state index contributed by atoms with van der Waals surface area (Å²) in [6, 6.07) is 6.23. The Labute approximate surface area is 110 Å². The Balaban J connectivity index is 1.99. The lowest BCUT2D eigenvalue weighted by Gasteiger charge is -2.19. The molecule has 1 saturated heterocycles. The Bertz CT molecular complexity index is 349. The SMILES string of the molecule is Nc1ccc(CN2CCCSCC2)cc1Br. The van der Waals surface area contributed by atoms with Gasteiger partial charge in [-0.2, -0.15) is 11.8 Å². The van der Waals surface area contributed by atoms with Gasteiger partial charge in [0.15, 0.2) is 0 Å². The average Bonchev–Trinajstić information content (AvgIpc) is 2.52. The smallest absolute Gasteiger partial charge is 0.0458 e. The number of hydrogen-bond acceptors (Lipinski definition) is 3. The van der Waals surface area contributed by atoms with Gasteiger partial charge >= 0.3 is 0 Å². The van der Waals surface area contributed by atoms with Gasteiger partial charge in [-0.15, -0.1) is 0 Å². The zero-order valence-corrected chi connectivity index (χ0v) is 11.7. The molecule has 0 aromatic heterocycles. The van der Waals surface area contributed by atoms with Gasteiger partial charge in [-0.05, 0) is 52.3 Å². The van der Waals surface area contributed by atoms with Gasteiger partial charge in [0.1, 0.15) is 0 Å². The van der Waals surface area contributed by atoms with Crippen LogP contribution >= 0.6 is 27.7 Å². The van der Waals surface area contributed by atoms with Crippen molar-refractivity contribution in [3.63, 3.8) is 0 Å². The van der Waals surface area contributed by atoms with Crippen molar-refractivity contribution >= 4 is 33.4 Å². The molecule has 16 heavy (non-hydrogen) atoms. The second-order valence-electron chi connectivity index (χ2n) is 4.10. The number of hydrogen-bond donors (Lipinski definition) is 1. The average molecular weight is 301 g/mol. The second-order valence-corrected chi connectivity index (χ2v) is 6.18. The van der Waals surface area contributed by atoms with Gasteiger partial charge in [-0.25, -0.2) is 0 Å². The topological polar surface area (TPSA) is 29.3 Å². The maximum absolute atomic E-state index is 5.78. The molecule has 0 spiro atoms. The lowest BCUT2D eigenvalue weighted by Crippen LogP contribution is -2.25. The van der Waals surface area contributed by atoms with Crippen LogP contribution in [-0.2, 0) is 6.54 Å². The van der Waals surface area contributed by atoms with Crippen molar-refractivity contribution in [2.45, 2.75) is 13.0 Å². The van der Waals surface area contributed by atoms with E-state index in [4.69, 9.17) is 5.73 Å². The molecule has 0 unspecified atom stereocenters. The fourth-order valence-electron chi connectivity index (χ4n) is 1.88. The molecule has 88 valence electrons. The normalized spacial score (nSPS) is 18.3. The predicted molar refractivity (Wildman–Crippen MR) is 75.8 cm³/mol. The first-order valence-corrected chi connectivity index (χ1v) is 7.54. The Morgan fingerprint density at radius 2 is 2.19 bits per heavy atom. The number of nitrogens with two attached hydrogens (primary N) is 1. The summed E-state index contributed by atoms with van der Waals surface area (Å²) in [5.74, 6) is 2.57. The van der Waals surface area contributed by atoms with Gasteiger partial charge in [0.25, 0.3) is 0 Å². The van der Waals surface area contributed by atoms with Crippen LogP contribution < -0.4 is 5.73 Å². The van der Waals surface area contributed by atoms with Gasteiger partial charge in [0, 0.05) is 29.0 Å². The van der Waals surface area contributed by atoms with E-state index >= 15 is 0 Å². The van der Waals surface area contributed by atoms with Crippen molar-refractivity contribution in [3.05, 3.63) is 28.2 Å². The zero-order valence-electron chi connectivity index (χ0n) is 9.29. The van der Waals surface area contributed by atoms with Gasteiger partial charge in [0.2, 0.25) is 0 Å². The van der Waals surface area contributed by atoms with Crippen LogP contribution in [0.1, 0.15) is 12.0 Å². The van der Waals surface area contributed by atoms with Crippen LogP contribution in [-0.4, -0.2) is 29.5 Å². The number of anilines is 1. The van der Waals surface area contributed by atoms with Crippen LogP contribution in [0.2, 0.25) is 0 Å². The molecule has 0 saturated carbocycles. The first-order valence-electron chi connectivity index (χ1n) is 5.60. The number of nitrogens with zero attached hydrogens (tertiary/aromatic N) is 1. The summed E-state index contributed by atoms with van der Waals surface area (Å²) in [4.78, 5) is 2.53. The summed E-state index contributed by atoms with van der Waals surface area (Å²) in [6.45, 7) is 3.46. The molecule has 1 aromatic carbocycles. The molecule has 1 aliphatic rings. The molecule has 1 aromatic rings. The number of benzene rings is 1. The molecule has 0 atom stereocenters. The largest absolute Gasteiger partial charge is 0.398 e. The molecular formula is C12H17BrN2S. The number of halogens is 1. The van der Waals surface area contributed by atoms with Crippen LogP contribution in [0.15, 0.2) is 22.7 Å². The minimum absolute atomic E-state index is 0.815. The Morgan fingerprint density at radius 3 is 3.00 bits per heavy atom. The monoisotopic (exact) mass is 300 g/mol. The Hall–Kier alpha value is -0.190. The minimum Gasteiger partial charge on any atom is -0.398 e. The van der Waals surface area contributed by atoms with Crippen molar-refractivity contribution in [1.82, 2.24) is 4.90 Å². The van der Waals surface area contributed by atoms with E-state index < -0.39 is 0 Å². The van der Waals surface area contributed by atoms with Crippen molar-refractivity contribution < 1.29 is 0 Å². The van der Waals surface area contributed by atoms with Crippen LogP contribution in [0.25, 0.3) is 0 Å². The van der Waals surface area contributed by atoms with Crippen molar-refractivity contribution in [3.8, 4) is 0 Å². The molecule has 1 fully saturated rings. The molecule has 2 N–H and O–H groups in total. The third-order valence-corrected chi connectivity index (χ3v) is 4.52. The van der Waals surface area contributed by atoms with Crippen molar-refractivity contribution in [2.24, 2.45) is 0 Å². The maximum Gasteiger partial charge on any atom is 0.0458 e. The quantitative estimate of drug-likeness (QED) is 0.852. The minimum atomic E-state index is 0.815. The van der Waals surface area contributed by atoms with Crippen molar-refractivity contribution in [2.75, 3.05) is 30.3 Å². The number of thioether (sulfide) groups is 1. The number of nitrogen functional groups attached to an aromatic ring is 1. The van der Waals surface area contributed by atoms with Gasteiger partial charge in [-0.3, -0.25) is 4.90 Å². The van der Waals surface area contributed by atoms with Crippen LogP contribution in [0, 0.1) is 0 Å². The highest BCUT2D eigenvalue weighted by atomic mass is 79.9. The van der Waals surface area contributed by atoms with E-state index in [0.717, 1.165) is 16.7 Å². The molecule has 0 aliphatic carbocycles.